The second kappa shape index (κ2) is 5.54. The van der Waals surface area contributed by atoms with Crippen LogP contribution in [0.2, 0.25) is 0 Å². The highest BCUT2D eigenvalue weighted by Crippen LogP contribution is 2.24. The molecule has 20 heavy (non-hydrogen) atoms. The smallest absolute Gasteiger partial charge is 0.264 e. The Kier molecular flexibility index (Phi) is 4.15. The fourth-order valence-corrected chi connectivity index (χ4v) is 3.27. The Hall–Kier alpha value is -1.40. The molecule has 1 N–H and O–H groups in total. The quantitative estimate of drug-likeness (QED) is 0.901. The van der Waals surface area contributed by atoms with Crippen molar-refractivity contribution in [3.8, 4) is 0 Å². The highest BCUT2D eigenvalue weighted by Gasteiger charge is 2.19. The van der Waals surface area contributed by atoms with E-state index in [2.05, 4.69) is 20.7 Å². The summed E-state index contributed by atoms with van der Waals surface area (Å²) in [6.07, 6.45) is 0. The second-order valence-corrected chi connectivity index (χ2v) is 7.01. The third-order valence-electron chi connectivity index (χ3n) is 2.80. The minimum atomic E-state index is -3.94. The zero-order valence-electron chi connectivity index (χ0n) is 10.9. The molecule has 0 atom stereocenters. The first kappa shape index (κ1) is 15.0. The highest BCUT2D eigenvalue weighted by molar-refractivity contribution is 9.10. The van der Waals surface area contributed by atoms with E-state index in [1.54, 1.807) is 25.1 Å². The van der Waals surface area contributed by atoms with Crippen molar-refractivity contribution in [2.75, 3.05) is 4.72 Å². The van der Waals surface area contributed by atoms with E-state index in [1.807, 2.05) is 6.92 Å². The molecule has 3 nitrogen and oxygen atoms in total. The Morgan fingerprint density at radius 3 is 2.45 bits per heavy atom. The van der Waals surface area contributed by atoms with Gasteiger partial charge in [-0.3, -0.25) is 4.72 Å². The lowest BCUT2D eigenvalue weighted by molar-refractivity contribution is 0.570. The minimum Gasteiger partial charge on any atom is -0.280 e. The van der Waals surface area contributed by atoms with Crippen molar-refractivity contribution < 1.29 is 12.8 Å². The van der Waals surface area contributed by atoms with Gasteiger partial charge < -0.3 is 0 Å². The Labute approximate surface area is 126 Å². The number of nitrogens with one attached hydrogen (secondary N) is 1. The average Bonchev–Trinajstić information content (AvgIpc) is 2.36. The normalized spacial score (nSPS) is 11.4. The Morgan fingerprint density at radius 1 is 1.10 bits per heavy atom. The topological polar surface area (TPSA) is 46.2 Å². The molecule has 0 unspecified atom stereocenters. The predicted molar refractivity (Wildman–Crippen MR) is 80.8 cm³/mol. The largest absolute Gasteiger partial charge is 0.280 e. The number of anilines is 1. The van der Waals surface area contributed by atoms with Crippen LogP contribution in [0.3, 0.4) is 0 Å². The molecule has 2 aromatic rings. The minimum absolute atomic E-state index is 0.353. The van der Waals surface area contributed by atoms with Crippen LogP contribution in [0.15, 0.2) is 45.8 Å². The van der Waals surface area contributed by atoms with Gasteiger partial charge in [0.2, 0.25) is 0 Å². The first-order chi connectivity index (χ1) is 9.29. The number of sulfonamides is 1. The molecule has 0 amide bonds. The maximum Gasteiger partial charge on any atom is 0.264 e. The molecule has 0 aliphatic heterocycles. The standard InChI is InChI=1S/C14H13BrFNO2S/c1-9-3-6-13(16)14(7-9)20(18,19)17-11-5-4-10(2)12(15)8-11/h3-8,17H,1-2H3. The molecule has 0 radical (unpaired) electrons. The summed E-state index contributed by atoms with van der Waals surface area (Å²) in [4.78, 5) is -0.353. The van der Waals surface area contributed by atoms with Crippen LogP contribution in [0.25, 0.3) is 0 Å². The summed E-state index contributed by atoms with van der Waals surface area (Å²) in [6, 6.07) is 9.02. The first-order valence-electron chi connectivity index (χ1n) is 5.85. The number of hydrogen-bond acceptors (Lipinski definition) is 2. The van der Waals surface area contributed by atoms with Gasteiger partial charge in [-0.1, -0.05) is 28.1 Å². The van der Waals surface area contributed by atoms with Crippen molar-refractivity contribution in [1.82, 2.24) is 0 Å². The van der Waals surface area contributed by atoms with Gasteiger partial charge in [-0.2, -0.15) is 0 Å². The van der Waals surface area contributed by atoms with Crippen molar-refractivity contribution in [2.45, 2.75) is 18.7 Å². The monoisotopic (exact) mass is 357 g/mol. The number of aryl methyl sites for hydroxylation is 2. The molecule has 0 heterocycles. The number of rotatable bonds is 3. The lowest BCUT2D eigenvalue weighted by atomic mass is 10.2. The predicted octanol–water partition coefficient (Wildman–Crippen LogP) is 4.01. The van der Waals surface area contributed by atoms with E-state index in [-0.39, 0.29) is 4.90 Å². The van der Waals surface area contributed by atoms with Crippen molar-refractivity contribution in [3.05, 3.63) is 57.8 Å². The molecule has 0 aromatic heterocycles. The molecule has 0 saturated carbocycles. The summed E-state index contributed by atoms with van der Waals surface area (Å²) >= 11 is 3.33. The van der Waals surface area contributed by atoms with Gasteiger partial charge in [0.25, 0.3) is 10.0 Å². The van der Waals surface area contributed by atoms with E-state index < -0.39 is 15.8 Å². The molecule has 6 heteroatoms. The molecule has 0 aliphatic rings. The molecule has 106 valence electrons. The van der Waals surface area contributed by atoms with Crippen molar-refractivity contribution in [1.29, 1.82) is 0 Å². The average molecular weight is 358 g/mol. The molecule has 0 fully saturated rings. The van der Waals surface area contributed by atoms with Gasteiger partial charge >= 0.3 is 0 Å². The fraction of sp³-hybridized carbons (Fsp3) is 0.143. The zero-order chi connectivity index (χ0) is 14.9. The maximum atomic E-state index is 13.7. The van der Waals surface area contributed by atoms with Gasteiger partial charge in [-0.05, 0) is 49.2 Å². The van der Waals surface area contributed by atoms with E-state index >= 15 is 0 Å². The SMILES string of the molecule is Cc1ccc(F)c(S(=O)(=O)Nc2ccc(C)c(Br)c2)c1. The van der Waals surface area contributed by atoms with Gasteiger partial charge in [-0.15, -0.1) is 0 Å². The van der Waals surface area contributed by atoms with Gasteiger partial charge in [0.15, 0.2) is 0 Å². The Morgan fingerprint density at radius 2 is 1.80 bits per heavy atom. The molecule has 2 aromatic carbocycles. The fourth-order valence-electron chi connectivity index (χ4n) is 1.68. The molecular weight excluding hydrogens is 345 g/mol. The Bertz CT molecular complexity index is 760. The van der Waals surface area contributed by atoms with E-state index in [0.29, 0.717) is 11.3 Å². The van der Waals surface area contributed by atoms with Gasteiger partial charge in [0.05, 0.1) is 0 Å². The van der Waals surface area contributed by atoms with Crippen LogP contribution < -0.4 is 4.72 Å². The van der Waals surface area contributed by atoms with E-state index in [9.17, 15) is 12.8 Å². The van der Waals surface area contributed by atoms with Crippen LogP contribution in [-0.2, 0) is 10.0 Å². The molecule has 0 saturated heterocycles. The summed E-state index contributed by atoms with van der Waals surface area (Å²) in [5, 5.41) is 0. The third-order valence-corrected chi connectivity index (χ3v) is 5.05. The zero-order valence-corrected chi connectivity index (χ0v) is 13.3. The molecule has 2 rings (SSSR count). The molecule has 0 bridgehead atoms. The molecule has 0 aliphatic carbocycles. The number of hydrogen-bond donors (Lipinski definition) is 1. The van der Waals surface area contributed by atoms with Gasteiger partial charge in [0, 0.05) is 10.2 Å². The Balaban J connectivity index is 2.40. The van der Waals surface area contributed by atoms with Gasteiger partial charge in [0.1, 0.15) is 10.7 Å². The highest BCUT2D eigenvalue weighted by atomic mass is 79.9. The number of benzene rings is 2. The van der Waals surface area contributed by atoms with Crippen LogP contribution in [-0.4, -0.2) is 8.42 Å². The van der Waals surface area contributed by atoms with Crippen LogP contribution in [0.4, 0.5) is 10.1 Å². The summed E-state index contributed by atoms with van der Waals surface area (Å²) in [7, 11) is -3.94. The van der Waals surface area contributed by atoms with E-state index in [1.165, 1.54) is 12.1 Å². The maximum absolute atomic E-state index is 13.7. The molecule has 0 spiro atoms. The lowest BCUT2D eigenvalue weighted by Gasteiger charge is -2.10. The summed E-state index contributed by atoms with van der Waals surface area (Å²) in [5.41, 5.74) is 2.04. The van der Waals surface area contributed by atoms with Gasteiger partial charge in [-0.25, -0.2) is 12.8 Å². The summed E-state index contributed by atoms with van der Waals surface area (Å²) in [6.45, 7) is 3.60. The van der Waals surface area contributed by atoms with Crippen molar-refractivity contribution in [3.63, 3.8) is 0 Å². The second-order valence-electron chi connectivity index (χ2n) is 4.50. The summed E-state index contributed by atoms with van der Waals surface area (Å²) < 4.78 is 41.2. The van der Waals surface area contributed by atoms with Crippen LogP contribution in [0, 0.1) is 19.7 Å². The summed E-state index contributed by atoms with van der Waals surface area (Å²) in [5.74, 6) is -0.769. The van der Waals surface area contributed by atoms with Crippen LogP contribution in [0.1, 0.15) is 11.1 Å². The van der Waals surface area contributed by atoms with Crippen LogP contribution >= 0.6 is 15.9 Å². The van der Waals surface area contributed by atoms with E-state index in [0.717, 1.165) is 16.1 Å². The third kappa shape index (κ3) is 3.19. The van der Waals surface area contributed by atoms with Crippen molar-refractivity contribution in [2.24, 2.45) is 0 Å². The molecular formula is C14H13BrFNO2S. The van der Waals surface area contributed by atoms with Crippen LogP contribution in [0.5, 0.6) is 0 Å². The van der Waals surface area contributed by atoms with Crippen molar-refractivity contribution >= 4 is 31.6 Å². The first-order valence-corrected chi connectivity index (χ1v) is 8.12. The van der Waals surface area contributed by atoms with E-state index in [4.69, 9.17) is 0 Å². The number of halogens is 2. The lowest BCUT2D eigenvalue weighted by Crippen LogP contribution is -2.14.